The summed E-state index contributed by atoms with van der Waals surface area (Å²) in [6, 6.07) is 24.4. The number of benzene rings is 3. The molecule has 0 aliphatic carbocycles. The topological polar surface area (TPSA) is 12.9 Å². The molecule has 0 spiro atoms. The molecule has 4 rings (SSSR count). The number of aromatic nitrogens is 1. The number of para-hydroxylation sites is 1. The molecule has 3 aromatic carbocycles. The summed E-state index contributed by atoms with van der Waals surface area (Å²) in [6.07, 6.45) is 1.93. The van der Waals surface area contributed by atoms with Gasteiger partial charge in [-0.1, -0.05) is 48.5 Å². The monoisotopic (exact) mass is 343 g/mol. The SMILES string of the molecule is Fc1ccc(C=C(c2ccc(F)cc2)c2ccc3ccccc3n2)cc1. The van der Waals surface area contributed by atoms with Crippen LogP contribution in [0.2, 0.25) is 0 Å². The Morgan fingerprint density at radius 1 is 0.692 bits per heavy atom. The van der Waals surface area contributed by atoms with Gasteiger partial charge in [-0.25, -0.2) is 13.8 Å². The molecule has 4 aromatic rings. The Kier molecular flexibility index (Phi) is 4.28. The molecule has 3 heteroatoms. The lowest BCUT2D eigenvalue weighted by Gasteiger charge is -2.10. The van der Waals surface area contributed by atoms with Crippen LogP contribution in [0.25, 0.3) is 22.6 Å². The number of hydrogen-bond donors (Lipinski definition) is 0. The van der Waals surface area contributed by atoms with Crippen molar-refractivity contribution in [1.82, 2.24) is 4.98 Å². The van der Waals surface area contributed by atoms with Gasteiger partial charge in [-0.05, 0) is 53.6 Å². The van der Waals surface area contributed by atoms with Crippen molar-refractivity contribution < 1.29 is 8.78 Å². The van der Waals surface area contributed by atoms with Crippen molar-refractivity contribution in [2.24, 2.45) is 0 Å². The van der Waals surface area contributed by atoms with Crippen LogP contribution >= 0.6 is 0 Å². The second-order valence-corrected chi connectivity index (χ2v) is 6.01. The van der Waals surface area contributed by atoms with Crippen LogP contribution in [0.4, 0.5) is 8.78 Å². The third-order valence-corrected chi connectivity index (χ3v) is 4.21. The number of rotatable bonds is 3. The van der Waals surface area contributed by atoms with Crippen molar-refractivity contribution in [3.63, 3.8) is 0 Å². The molecule has 126 valence electrons. The summed E-state index contributed by atoms with van der Waals surface area (Å²) < 4.78 is 26.6. The van der Waals surface area contributed by atoms with Crippen LogP contribution in [-0.4, -0.2) is 4.98 Å². The van der Waals surface area contributed by atoms with Crippen LogP contribution in [0.1, 0.15) is 16.8 Å². The summed E-state index contributed by atoms with van der Waals surface area (Å²) in [6.45, 7) is 0. The maximum Gasteiger partial charge on any atom is 0.123 e. The van der Waals surface area contributed by atoms with Crippen LogP contribution in [0, 0.1) is 11.6 Å². The molecule has 0 atom stereocenters. The van der Waals surface area contributed by atoms with Crippen molar-refractivity contribution in [3.05, 3.63) is 113 Å². The van der Waals surface area contributed by atoms with E-state index in [1.165, 1.54) is 24.3 Å². The first-order valence-corrected chi connectivity index (χ1v) is 8.28. The first-order valence-electron chi connectivity index (χ1n) is 8.28. The van der Waals surface area contributed by atoms with Crippen molar-refractivity contribution in [2.75, 3.05) is 0 Å². The van der Waals surface area contributed by atoms with Gasteiger partial charge < -0.3 is 0 Å². The van der Waals surface area contributed by atoms with Gasteiger partial charge in [-0.15, -0.1) is 0 Å². The molecule has 0 bridgehead atoms. The van der Waals surface area contributed by atoms with Gasteiger partial charge in [-0.2, -0.15) is 0 Å². The van der Waals surface area contributed by atoms with Crippen molar-refractivity contribution in [2.45, 2.75) is 0 Å². The van der Waals surface area contributed by atoms with Crippen molar-refractivity contribution in [1.29, 1.82) is 0 Å². The van der Waals surface area contributed by atoms with Gasteiger partial charge in [0.15, 0.2) is 0 Å². The Bertz CT molecular complexity index is 1080. The average Bonchev–Trinajstić information content (AvgIpc) is 2.68. The van der Waals surface area contributed by atoms with Crippen LogP contribution < -0.4 is 0 Å². The molecule has 0 saturated carbocycles. The molecule has 26 heavy (non-hydrogen) atoms. The highest BCUT2D eigenvalue weighted by atomic mass is 19.1. The lowest BCUT2D eigenvalue weighted by atomic mass is 9.98. The molecular formula is C23H15F2N. The van der Waals surface area contributed by atoms with Crippen LogP contribution in [-0.2, 0) is 0 Å². The van der Waals surface area contributed by atoms with E-state index in [1.807, 2.05) is 42.5 Å². The lowest BCUT2D eigenvalue weighted by molar-refractivity contribution is 0.627. The molecule has 0 saturated heterocycles. The number of pyridine rings is 1. The zero-order chi connectivity index (χ0) is 17.9. The number of halogens is 2. The van der Waals surface area contributed by atoms with Gasteiger partial charge in [0.1, 0.15) is 11.6 Å². The minimum atomic E-state index is -0.290. The largest absolute Gasteiger partial charge is 0.248 e. The minimum Gasteiger partial charge on any atom is -0.248 e. The third-order valence-electron chi connectivity index (χ3n) is 4.21. The molecule has 1 heterocycles. The summed E-state index contributed by atoms with van der Waals surface area (Å²) in [7, 11) is 0. The van der Waals surface area contributed by atoms with Gasteiger partial charge in [0.2, 0.25) is 0 Å². The van der Waals surface area contributed by atoms with Gasteiger partial charge in [0.05, 0.1) is 11.2 Å². The fourth-order valence-corrected chi connectivity index (χ4v) is 2.88. The number of fused-ring (bicyclic) bond motifs is 1. The van der Waals surface area contributed by atoms with Crippen molar-refractivity contribution >= 4 is 22.6 Å². The van der Waals surface area contributed by atoms with E-state index in [0.717, 1.165) is 33.3 Å². The Morgan fingerprint density at radius 3 is 2.08 bits per heavy atom. The quantitative estimate of drug-likeness (QED) is 0.409. The maximum atomic E-state index is 13.4. The molecule has 0 aliphatic rings. The van der Waals surface area contributed by atoms with E-state index in [1.54, 1.807) is 24.3 Å². The highest BCUT2D eigenvalue weighted by Crippen LogP contribution is 2.27. The summed E-state index contributed by atoms with van der Waals surface area (Å²) in [5, 5.41) is 1.05. The zero-order valence-corrected chi connectivity index (χ0v) is 13.9. The summed E-state index contributed by atoms with van der Waals surface area (Å²) in [4.78, 5) is 4.75. The van der Waals surface area contributed by atoms with Gasteiger partial charge >= 0.3 is 0 Å². The van der Waals surface area contributed by atoms with Gasteiger partial charge in [-0.3, -0.25) is 0 Å². The molecule has 0 unspecified atom stereocenters. The van der Waals surface area contributed by atoms with E-state index >= 15 is 0 Å². The standard InChI is InChI=1S/C23H15F2N/c24-19-10-5-16(6-11-19)15-21(17-7-12-20(25)13-8-17)23-14-9-18-3-1-2-4-22(18)26-23/h1-15H. The Morgan fingerprint density at radius 2 is 1.35 bits per heavy atom. The normalized spacial score (nSPS) is 11.7. The Balaban J connectivity index is 1.88. The van der Waals surface area contributed by atoms with E-state index in [-0.39, 0.29) is 11.6 Å². The smallest absolute Gasteiger partial charge is 0.123 e. The first kappa shape index (κ1) is 16.2. The summed E-state index contributed by atoms with van der Waals surface area (Å²) >= 11 is 0. The molecule has 0 N–H and O–H groups in total. The second-order valence-electron chi connectivity index (χ2n) is 6.01. The van der Waals surface area contributed by atoms with Crippen molar-refractivity contribution in [3.8, 4) is 0 Å². The molecule has 0 radical (unpaired) electrons. The summed E-state index contributed by atoms with van der Waals surface area (Å²) in [5.74, 6) is -0.573. The molecule has 1 aromatic heterocycles. The predicted octanol–water partition coefficient (Wildman–Crippen LogP) is 6.10. The van der Waals surface area contributed by atoms with E-state index in [9.17, 15) is 8.78 Å². The number of nitrogens with zero attached hydrogens (tertiary/aromatic N) is 1. The van der Waals surface area contributed by atoms with Gasteiger partial charge in [0.25, 0.3) is 0 Å². The highest BCUT2D eigenvalue weighted by molar-refractivity contribution is 5.92. The van der Waals surface area contributed by atoms with E-state index < -0.39 is 0 Å². The molecular weight excluding hydrogens is 328 g/mol. The molecule has 0 amide bonds. The zero-order valence-electron chi connectivity index (χ0n) is 13.9. The average molecular weight is 343 g/mol. The van der Waals surface area contributed by atoms with Crippen LogP contribution in [0.3, 0.4) is 0 Å². The second kappa shape index (κ2) is 6.89. The predicted molar refractivity (Wildman–Crippen MR) is 102 cm³/mol. The summed E-state index contributed by atoms with van der Waals surface area (Å²) in [5.41, 5.74) is 4.21. The lowest BCUT2D eigenvalue weighted by Crippen LogP contribution is -1.93. The molecule has 0 fully saturated rings. The van der Waals surface area contributed by atoms with E-state index in [2.05, 4.69) is 0 Å². The fourth-order valence-electron chi connectivity index (χ4n) is 2.88. The van der Waals surface area contributed by atoms with E-state index in [4.69, 9.17) is 4.98 Å². The number of hydrogen-bond acceptors (Lipinski definition) is 1. The molecule has 1 nitrogen and oxygen atoms in total. The fraction of sp³-hybridized carbons (Fsp3) is 0. The minimum absolute atomic E-state index is 0.283. The highest BCUT2D eigenvalue weighted by Gasteiger charge is 2.09. The van der Waals surface area contributed by atoms with Crippen LogP contribution in [0.15, 0.2) is 84.9 Å². The first-order chi connectivity index (χ1) is 12.7. The third kappa shape index (κ3) is 3.38. The van der Waals surface area contributed by atoms with E-state index in [0.29, 0.717) is 0 Å². The Labute approximate surface area is 150 Å². The molecule has 0 aliphatic heterocycles. The van der Waals surface area contributed by atoms with Crippen LogP contribution in [0.5, 0.6) is 0 Å². The maximum absolute atomic E-state index is 13.4. The van der Waals surface area contributed by atoms with Gasteiger partial charge in [0, 0.05) is 11.0 Å². The Hall–Kier alpha value is -3.33.